The van der Waals surface area contributed by atoms with E-state index in [-0.39, 0.29) is 28.3 Å². The first-order chi connectivity index (χ1) is 13.8. The minimum absolute atomic E-state index is 0.128. The van der Waals surface area contributed by atoms with Gasteiger partial charge in [0.05, 0.1) is 15.6 Å². The molecule has 0 N–H and O–H groups in total. The van der Waals surface area contributed by atoms with Crippen molar-refractivity contribution in [1.29, 1.82) is 0 Å². The summed E-state index contributed by atoms with van der Waals surface area (Å²) in [6.07, 6.45) is -3.77. The molecule has 156 valence electrons. The van der Waals surface area contributed by atoms with Crippen LogP contribution in [-0.4, -0.2) is 36.6 Å². The molecule has 2 aromatic carbocycles. The monoisotopic (exact) mass is 447 g/mol. The van der Waals surface area contributed by atoms with Gasteiger partial charge in [0, 0.05) is 13.1 Å². The van der Waals surface area contributed by atoms with Crippen LogP contribution < -0.4 is 9.47 Å². The van der Waals surface area contributed by atoms with Crippen molar-refractivity contribution >= 4 is 29.1 Å². The molecule has 9 heteroatoms. The van der Waals surface area contributed by atoms with E-state index in [0.29, 0.717) is 18.8 Å². The predicted octanol–water partition coefficient (Wildman–Crippen LogP) is 5.46. The topological polar surface area (TPSA) is 38.8 Å². The maximum Gasteiger partial charge on any atom is 0.416 e. The molecule has 0 aromatic heterocycles. The molecule has 2 aromatic rings. The van der Waals surface area contributed by atoms with Crippen molar-refractivity contribution in [2.45, 2.75) is 25.1 Å². The second-order valence-electron chi connectivity index (χ2n) is 6.53. The van der Waals surface area contributed by atoms with Crippen LogP contribution in [0.5, 0.6) is 11.5 Å². The van der Waals surface area contributed by atoms with Crippen molar-refractivity contribution in [2.24, 2.45) is 0 Å². The summed E-state index contributed by atoms with van der Waals surface area (Å²) in [5.41, 5.74) is -0.981. The van der Waals surface area contributed by atoms with Crippen LogP contribution in [0.15, 0.2) is 42.5 Å². The van der Waals surface area contributed by atoms with E-state index in [0.717, 1.165) is 25.0 Å². The van der Waals surface area contributed by atoms with Gasteiger partial charge in [-0.05, 0) is 37.1 Å². The Morgan fingerprint density at radius 1 is 1.07 bits per heavy atom. The Morgan fingerprint density at radius 3 is 2.21 bits per heavy atom. The Labute approximate surface area is 176 Å². The average molecular weight is 448 g/mol. The molecular formula is C20H18Cl2F3NO3. The van der Waals surface area contributed by atoms with E-state index in [1.807, 2.05) is 6.07 Å². The molecular weight excluding hydrogens is 430 g/mol. The van der Waals surface area contributed by atoms with E-state index in [1.165, 1.54) is 0 Å². The van der Waals surface area contributed by atoms with Gasteiger partial charge in [-0.1, -0.05) is 41.4 Å². The predicted molar refractivity (Wildman–Crippen MR) is 104 cm³/mol. The van der Waals surface area contributed by atoms with Gasteiger partial charge in [0.2, 0.25) is 6.10 Å². The lowest BCUT2D eigenvalue weighted by Gasteiger charge is -2.24. The van der Waals surface area contributed by atoms with Crippen LogP contribution in [-0.2, 0) is 11.0 Å². The Kier molecular flexibility index (Phi) is 6.80. The van der Waals surface area contributed by atoms with E-state index < -0.39 is 17.8 Å². The number of para-hydroxylation sites is 1. The summed E-state index contributed by atoms with van der Waals surface area (Å²) in [5.74, 6) is 0.0842. The second-order valence-corrected chi connectivity index (χ2v) is 7.34. The van der Waals surface area contributed by atoms with Gasteiger partial charge in [0.25, 0.3) is 5.91 Å². The Balaban J connectivity index is 1.78. The molecule has 0 saturated carbocycles. The molecule has 3 rings (SSSR count). The zero-order valence-electron chi connectivity index (χ0n) is 15.2. The summed E-state index contributed by atoms with van der Waals surface area (Å²) in [7, 11) is 0. The summed E-state index contributed by atoms with van der Waals surface area (Å²) in [5, 5.41) is -0.589. The molecule has 4 nitrogen and oxygen atoms in total. The average Bonchev–Trinajstić information content (AvgIpc) is 3.20. The molecule has 1 saturated heterocycles. The Morgan fingerprint density at radius 2 is 1.66 bits per heavy atom. The third-order valence-corrected chi connectivity index (χ3v) is 4.98. The van der Waals surface area contributed by atoms with Gasteiger partial charge in [-0.2, -0.15) is 13.2 Å². The largest absolute Gasteiger partial charge is 0.486 e. The first-order valence-electron chi connectivity index (χ1n) is 8.95. The summed E-state index contributed by atoms with van der Waals surface area (Å²) in [4.78, 5) is 14.5. The molecule has 1 amide bonds. The van der Waals surface area contributed by atoms with Crippen LogP contribution in [0.3, 0.4) is 0 Å². The van der Waals surface area contributed by atoms with Gasteiger partial charge >= 0.3 is 6.18 Å². The van der Waals surface area contributed by atoms with Crippen LogP contribution in [0.25, 0.3) is 0 Å². The molecule has 29 heavy (non-hydrogen) atoms. The standard InChI is InChI=1S/C20H18Cl2F3NO3/c21-15-10-13(20(23,24)25)11-16(22)18(15)28-12-17(19(27)26-8-4-5-9-26)29-14-6-2-1-3-7-14/h1-3,6-7,10-11,17H,4-5,8-9,12H2. The van der Waals surface area contributed by atoms with Gasteiger partial charge in [-0.3, -0.25) is 4.79 Å². The maximum absolute atomic E-state index is 12.9. The first-order valence-corrected chi connectivity index (χ1v) is 9.71. The van der Waals surface area contributed by atoms with Gasteiger partial charge in [-0.15, -0.1) is 0 Å². The fourth-order valence-electron chi connectivity index (χ4n) is 2.98. The lowest BCUT2D eigenvalue weighted by molar-refractivity contribution is -0.139. The van der Waals surface area contributed by atoms with Crippen LogP contribution in [0.4, 0.5) is 13.2 Å². The molecule has 0 spiro atoms. The number of rotatable bonds is 6. The van der Waals surface area contributed by atoms with Gasteiger partial charge < -0.3 is 14.4 Å². The van der Waals surface area contributed by atoms with Crippen LogP contribution in [0.2, 0.25) is 10.0 Å². The number of halogens is 5. The molecule has 1 aliphatic heterocycles. The fourth-order valence-corrected chi connectivity index (χ4v) is 3.58. The second kappa shape index (κ2) is 9.13. The Bertz CT molecular complexity index is 833. The highest BCUT2D eigenvalue weighted by Gasteiger charge is 2.33. The summed E-state index contributed by atoms with van der Waals surface area (Å²) in [6.45, 7) is 0.986. The highest BCUT2D eigenvalue weighted by Crippen LogP contribution is 2.40. The molecule has 1 atom stereocenters. The molecule has 0 bridgehead atoms. The van der Waals surface area contributed by atoms with E-state index in [2.05, 4.69) is 0 Å². The molecule has 1 fully saturated rings. The number of carbonyl (C=O) groups is 1. The highest BCUT2D eigenvalue weighted by molar-refractivity contribution is 6.37. The quantitative estimate of drug-likeness (QED) is 0.589. The lowest BCUT2D eigenvalue weighted by Crippen LogP contribution is -2.43. The van der Waals surface area contributed by atoms with Crippen LogP contribution in [0.1, 0.15) is 18.4 Å². The number of hydrogen-bond donors (Lipinski definition) is 0. The smallest absolute Gasteiger partial charge is 0.416 e. The normalized spacial score (nSPS) is 15.3. The lowest BCUT2D eigenvalue weighted by atomic mass is 10.2. The third kappa shape index (κ3) is 5.48. The number of ether oxygens (including phenoxy) is 2. The third-order valence-electron chi connectivity index (χ3n) is 4.42. The van der Waals surface area contributed by atoms with Crippen molar-refractivity contribution in [2.75, 3.05) is 19.7 Å². The molecule has 1 unspecified atom stereocenters. The first kappa shape index (κ1) is 21.6. The molecule has 0 radical (unpaired) electrons. The number of nitrogens with zero attached hydrogens (tertiary/aromatic N) is 1. The van der Waals surface area contributed by atoms with Crippen LogP contribution >= 0.6 is 23.2 Å². The van der Waals surface area contributed by atoms with Gasteiger partial charge in [0.1, 0.15) is 12.4 Å². The molecule has 1 aliphatic rings. The van der Waals surface area contributed by atoms with Gasteiger partial charge in [0.15, 0.2) is 5.75 Å². The van der Waals surface area contributed by atoms with Crippen molar-refractivity contribution in [3.63, 3.8) is 0 Å². The minimum atomic E-state index is -4.59. The van der Waals surface area contributed by atoms with Crippen LogP contribution in [0, 0.1) is 0 Å². The molecule has 0 aliphatic carbocycles. The van der Waals surface area contributed by atoms with Crippen molar-refractivity contribution in [3.8, 4) is 11.5 Å². The molecule has 1 heterocycles. The number of carbonyl (C=O) groups excluding carboxylic acids is 1. The Hall–Kier alpha value is -2.12. The fraction of sp³-hybridized carbons (Fsp3) is 0.350. The van der Waals surface area contributed by atoms with Gasteiger partial charge in [-0.25, -0.2) is 0 Å². The van der Waals surface area contributed by atoms with E-state index >= 15 is 0 Å². The highest BCUT2D eigenvalue weighted by atomic mass is 35.5. The summed E-state index contributed by atoms with van der Waals surface area (Å²) >= 11 is 11.9. The van der Waals surface area contributed by atoms with Crippen molar-refractivity contribution in [3.05, 3.63) is 58.1 Å². The number of benzene rings is 2. The van der Waals surface area contributed by atoms with Crippen molar-refractivity contribution < 1.29 is 27.4 Å². The zero-order valence-corrected chi connectivity index (χ0v) is 16.7. The SMILES string of the molecule is O=C(C(COc1c(Cl)cc(C(F)(F)F)cc1Cl)Oc1ccccc1)N1CCCC1. The van der Waals surface area contributed by atoms with E-state index in [4.69, 9.17) is 32.7 Å². The zero-order chi connectivity index (χ0) is 21.0. The minimum Gasteiger partial charge on any atom is -0.486 e. The summed E-state index contributed by atoms with van der Waals surface area (Å²) < 4.78 is 50.0. The van der Waals surface area contributed by atoms with Crippen molar-refractivity contribution in [1.82, 2.24) is 4.90 Å². The van der Waals surface area contributed by atoms with E-state index in [1.54, 1.807) is 29.2 Å². The van der Waals surface area contributed by atoms with E-state index in [9.17, 15) is 18.0 Å². The number of alkyl halides is 3. The summed E-state index contributed by atoms with van der Waals surface area (Å²) in [6, 6.07) is 10.2. The maximum atomic E-state index is 12.9. The number of amides is 1. The number of likely N-dealkylation sites (tertiary alicyclic amines) is 1. The number of hydrogen-bond acceptors (Lipinski definition) is 3.